The van der Waals surface area contributed by atoms with Crippen LogP contribution in [0.3, 0.4) is 0 Å². The summed E-state index contributed by atoms with van der Waals surface area (Å²) in [6.07, 6.45) is 2.31. The molecule has 0 saturated carbocycles. The van der Waals surface area contributed by atoms with E-state index in [1.165, 1.54) is 10.6 Å². The zero-order chi connectivity index (χ0) is 23.4. The van der Waals surface area contributed by atoms with Crippen molar-refractivity contribution >= 4 is 28.8 Å². The Kier molecular flexibility index (Phi) is 6.21. The summed E-state index contributed by atoms with van der Waals surface area (Å²) in [4.78, 5) is 37.7. The number of nitrogens with one attached hydrogen (secondary N) is 2. The van der Waals surface area contributed by atoms with Crippen molar-refractivity contribution in [1.29, 1.82) is 0 Å². The van der Waals surface area contributed by atoms with Crippen molar-refractivity contribution in [2.24, 2.45) is 0 Å². The number of ether oxygens (including phenoxy) is 1. The third-order valence-electron chi connectivity index (χ3n) is 5.13. The van der Waals surface area contributed by atoms with E-state index >= 15 is 0 Å². The Hall–Kier alpha value is -4.40. The highest BCUT2D eigenvalue weighted by Crippen LogP contribution is 2.16. The minimum absolute atomic E-state index is 0.247. The molecular weight excluding hydrogens is 422 g/mol. The predicted molar refractivity (Wildman–Crippen MR) is 125 cm³/mol. The van der Waals surface area contributed by atoms with Crippen molar-refractivity contribution in [1.82, 2.24) is 14.2 Å². The number of amides is 2. The maximum Gasteiger partial charge on any atom is 0.350 e. The van der Waals surface area contributed by atoms with Crippen LogP contribution in [0, 0.1) is 0 Å². The van der Waals surface area contributed by atoms with Gasteiger partial charge in [-0.1, -0.05) is 19.1 Å². The van der Waals surface area contributed by atoms with Gasteiger partial charge in [0.2, 0.25) is 5.91 Å². The van der Waals surface area contributed by atoms with E-state index in [-0.39, 0.29) is 23.9 Å². The van der Waals surface area contributed by atoms with Crippen molar-refractivity contribution in [3.63, 3.8) is 0 Å². The van der Waals surface area contributed by atoms with Gasteiger partial charge in [0.1, 0.15) is 12.3 Å². The number of anilines is 2. The molecule has 0 aliphatic carbocycles. The van der Waals surface area contributed by atoms with E-state index in [4.69, 9.17) is 4.74 Å². The summed E-state index contributed by atoms with van der Waals surface area (Å²) in [6.45, 7) is 1.81. The minimum atomic E-state index is -0.513. The van der Waals surface area contributed by atoms with Gasteiger partial charge >= 0.3 is 5.69 Å². The Morgan fingerprint density at radius 3 is 2.27 bits per heavy atom. The molecule has 4 aromatic rings. The molecule has 2 N–H and O–H groups in total. The fraction of sp³-hybridized carbons (Fsp3) is 0.167. The number of aromatic nitrogens is 3. The second-order valence-electron chi connectivity index (χ2n) is 7.37. The molecule has 0 unspecified atom stereocenters. The Bertz CT molecular complexity index is 1350. The molecule has 0 aliphatic rings. The molecule has 0 spiro atoms. The van der Waals surface area contributed by atoms with Crippen LogP contribution < -0.4 is 21.1 Å². The van der Waals surface area contributed by atoms with Gasteiger partial charge in [0.25, 0.3) is 5.91 Å². The Morgan fingerprint density at radius 1 is 0.939 bits per heavy atom. The zero-order valence-corrected chi connectivity index (χ0v) is 18.2. The van der Waals surface area contributed by atoms with E-state index in [1.807, 2.05) is 24.3 Å². The fourth-order valence-electron chi connectivity index (χ4n) is 3.29. The molecule has 0 bridgehead atoms. The standard InChI is InChI=1S/C24H23N5O4/c1-3-16-4-7-18(8-5-16)25-22(30)15-29-24(32)28-14-17(6-13-21(28)27-29)23(31)26-19-9-11-20(33-2)12-10-19/h4-14H,3,15H2,1-2H3,(H,25,30)(H,26,31). The third kappa shape index (κ3) is 4.93. The number of methoxy groups -OCH3 is 1. The molecule has 2 aromatic heterocycles. The first kappa shape index (κ1) is 21.8. The van der Waals surface area contributed by atoms with Crippen molar-refractivity contribution in [3.8, 4) is 5.75 Å². The van der Waals surface area contributed by atoms with Crippen LogP contribution in [0.25, 0.3) is 5.65 Å². The molecule has 0 aliphatic heterocycles. The average molecular weight is 445 g/mol. The number of fused-ring (bicyclic) bond motifs is 1. The topological polar surface area (TPSA) is 107 Å². The normalized spacial score (nSPS) is 10.7. The van der Waals surface area contributed by atoms with E-state index < -0.39 is 5.69 Å². The van der Waals surface area contributed by atoms with Crippen molar-refractivity contribution in [3.05, 3.63) is 88.5 Å². The minimum Gasteiger partial charge on any atom is -0.497 e. The van der Waals surface area contributed by atoms with Gasteiger partial charge < -0.3 is 15.4 Å². The number of pyridine rings is 1. The van der Waals surface area contributed by atoms with Gasteiger partial charge in [-0.05, 0) is 60.5 Å². The first-order valence-corrected chi connectivity index (χ1v) is 10.4. The molecule has 168 valence electrons. The van der Waals surface area contributed by atoms with Gasteiger partial charge in [-0.3, -0.25) is 9.59 Å². The SMILES string of the molecule is CCc1ccc(NC(=O)Cn2nc3ccc(C(=O)Nc4ccc(OC)cc4)cn3c2=O)cc1. The van der Waals surface area contributed by atoms with Crippen molar-refractivity contribution in [2.45, 2.75) is 19.9 Å². The summed E-state index contributed by atoms with van der Waals surface area (Å²) < 4.78 is 7.41. The lowest BCUT2D eigenvalue weighted by Gasteiger charge is -2.06. The Balaban J connectivity index is 1.48. The fourth-order valence-corrected chi connectivity index (χ4v) is 3.29. The maximum atomic E-state index is 12.7. The highest BCUT2D eigenvalue weighted by Gasteiger charge is 2.14. The molecule has 33 heavy (non-hydrogen) atoms. The monoisotopic (exact) mass is 445 g/mol. The van der Waals surface area contributed by atoms with Crippen LogP contribution in [-0.4, -0.2) is 33.1 Å². The molecular formula is C24H23N5O4. The Labute approximate surface area is 189 Å². The van der Waals surface area contributed by atoms with Crippen LogP contribution in [-0.2, 0) is 17.8 Å². The first-order valence-electron chi connectivity index (χ1n) is 10.4. The highest BCUT2D eigenvalue weighted by atomic mass is 16.5. The molecule has 2 heterocycles. The number of carbonyl (C=O) groups is 2. The number of carbonyl (C=O) groups excluding carboxylic acids is 2. The summed E-state index contributed by atoms with van der Waals surface area (Å²) >= 11 is 0. The van der Waals surface area contributed by atoms with E-state index in [0.29, 0.717) is 22.8 Å². The average Bonchev–Trinajstić information content (AvgIpc) is 3.14. The second kappa shape index (κ2) is 9.39. The zero-order valence-electron chi connectivity index (χ0n) is 18.2. The lowest BCUT2D eigenvalue weighted by atomic mass is 10.1. The van der Waals surface area contributed by atoms with E-state index in [0.717, 1.165) is 16.7 Å². The van der Waals surface area contributed by atoms with Crippen LogP contribution in [0.2, 0.25) is 0 Å². The number of aryl methyl sites for hydroxylation is 1. The van der Waals surface area contributed by atoms with Crippen molar-refractivity contribution < 1.29 is 14.3 Å². The molecule has 9 heteroatoms. The van der Waals surface area contributed by atoms with Gasteiger partial charge in [0.15, 0.2) is 5.65 Å². The first-order chi connectivity index (χ1) is 16.0. The molecule has 0 radical (unpaired) electrons. The number of benzene rings is 2. The number of rotatable bonds is 7. The van der Waals surface area contributed by atoms with Gasteiger partial charge in [-0.25, -0.2) is 13.9 Å². The van der Waals surface area contributed by atoms with E-state index in [1.54, 1.807) is 43.5 Å². The smallest absolute Gasteiger partial charge is 0.350 e. The van der Waals surface area contributed by atoms with E-state index in [9.17, 15) is 14.4 Å². The molecule has 0 atom stereocenters. The summed E-state index contributed by atoms with van der Waals surface area (Å²) in [7, 11) is 1.56. The second-order valence-corrected chi connectivity index (χ2v) is 7.37. The van der Waals surface area contributed by atoms with Crippen molar-refractivity contribution in [2.75, 3.05) is 17.7 Å². The Morgan fingerprint density at radius 2 is 1.61 bits per heavy atom. The van der Waals surface area contributed by atoms with Gasteiger partial charge in [-0.2, -0.15) is 0 Å². The van der Waals surface area contributed by atoms with Crippen LogP contribution >= 0.6 is 0 Å². The highest BCUT2D eigenvalue weighted by molar-refractivity contribution is 6.04. The molecule has 9 nitrogen and oxygen atoms in total. The summed E-state index contributed by atoms with van der Waals surface area (Å²) in [5.74, 6) is -0.0763. The van der Waals surface area contributed by atoms with E-state index in [2.05, 4.69) is 22.7 Å². The summed E-state index contributed by atoms with van der Waals surface area (Å²) in [5.41, 5.74) is 2.50. The largest absolute Gasteiger partial charge is 0.497 e. The molecule has 2 aromatic carbocycles. The predicted octanol–water partition coefficient (Wildman–Crippen LogP) is 2.96. The van der Waals surface area contributed by atoms with Gasteiger partial charge in [-0.15, -0.1) is 5.10 Å². The van der Waals surface area contributed by atoms with Crippen LogP contribution in [0.1, 0.15) is 22.8 Å². The molecule has 2 amide bonds. The number of hydrogen-bond donors (Lipinski definition) is 2. The van der Waals surface area contributed by atoms with Crippen LogP contribution in [0.15, 0.2) is 71.7 Å². The number of hydrogen-bond acceptors (Lipinski definition) is 5. The van der Waals surface area contributed by atoms with Crippen LogP contribution in [0.5, 0.6) is 5.75 Å². The lowest BCUT2D eigenvalue weighted by Crippen LogP contribution is -2.28. The summed E-state index contributed by atoms with van der Waals surface area (Å²) in [5, 5.41) is 9.71. The van der Waals surface area contributed by atoms with Gasteiger partial charge in [0, 0.05) is 17.6 Å². The lowest BCUT2D eigenvalue weighted by molar-refractivity contribution is -0.117. The number of nitrogens with zero attached hydrogens (tertiary/aromatic N) is 3. The molecule has 0 saturated heterocycles. The van der Waals surface area contributed by atoms with Gasteiger partial charge in [0.05, 0.1) is 12.7 Å². The third-order valence-corrected chi connectivity index (χ3v) is 5.13. The van der Waals surface area contributed by atoms with Crippen LogP contribution in [0.4, 0.5) is 11.4 Å². The molecule has 0 fully saturated rings. The summed E-state index contributed by atoms with van der Waals surface area (Å²) in [6, 6.07) is 17.5. The quantitative estimate of drug-likeness (QED) is 0.455. The maximum absolute atomic E-state index is 12.7. The molecule has 4 rings (SSSR count).